The van der Waals surface area contributed by atoms with Gasteiger partial charge in [-0.05, 0) is 19.3 Å². The SMILES string of the molecule is CCC(CC)(CC)NC(=O)N[C@@H](CC(=O)O)C(=O)O. The van der Waals surface area contributed by atoms with E-state index >= 15 is 0 Å². The van der Waals surface area contributed by atoms with Crippen molar-refractivity contribution in [3.8, 4) is 0 Å². The molecule has 0 fully saturated rings. The number of nitrogens with one attached hydrogen (secondary N) is 2. The molecule has 0 spiro atoms. The van der Waals surface area contributed by atoms with Crippen molar-refractivity contribution in [1.82, 2.24) is 10.6 Å². The summed E-state index contributed by atoms with van der Waals surface area (Å²) >= 11 is 0. The van der Waals surface area contributed by atoms with Crippen LogP contribution in [-0.2, 0) is 9.59 Å². The molecule has 0 saturated carbocycles. The van der Waals surface area contributed by atoms with Crippen molar-refractivity contribution in [2.75, 3.05) is 0 Å². The van der Waals surface area contributed by atoms with Gasteiger partial charge >= 0.3 is 18.0 Å². The predicted octanol–water partition coefficient (Wildman–Crippen LogP) is 1.18. The number of carbonyl (C=O) groups is 3. The molecule has 0 radical (unpaired) electrons. The van der Waals surface area contributed by atoms with E-state index in [1.165, 1.54) is 0 Å². The molecule has 0 bridgehead atoms. The van der Waals surface area contributed by atoms with E-state index in [9.17, 15) is 14.4 Å². The Morgan fingerprint density at radius 1 is 1.05 bits per heavy atom. The van der Waals surface area contributed by atoms with Gasteiger partial charge in [0.25, 0.3) is 0 Å². The Kier molecular flexibility index (Phi) is 6.89. The van der Waals surface area contributed by atoms with Crippen molar-refractivity contribution in [2.24, 2.45) is 0 Å². The average Bonchev–Trinajstić information content (AvgIpc) is 2.34. The quantitative estimate of drug-likeness (QED) is 0.530. The van der Waals surface area contributed by atoms with Crippen molar-refractivity contribution >= 4 is 18.0 Å². The van der Waals surface area contributed by atoms with Crippen molar-refractivity contribution in [1.29, 1.82) is 0 Å². The first-order valence-electron chi connectivity index (χ1n) is 6.33. The molecule has 1 atom stereocenters. The lowest BCUT2D eigenvalue weighted by Gasteiger charge is -2.32. The van der Waals surface area contributed by atoms with Gasteiger partial charge in [0.2, 0.25) is 0 Å². The normalized spacial score (nSPS) is 12.6. The van der Waals surface area contributed by atoms with Gasteiger partial charge in [0.05, 0.1) is 6.42 Å². The topological polar surface area (TPSA) is 116 Å². The number of amides is 2. The van der Waals surface area contributed by atoms with Gasteiger partial charge in [0.15, 0.2) is 0 Å². The van der Waals surface area contributed by atoms with E-state index in [1.54, 1.807) is 0 Å². The van der Waals surface area contributed by atoms with Crippen LogP contribution in [0.3, 0.4) is 0 Å². The summed E-state index contributed by atoms with van der Waals surface area (Å²) in [6, 6.07) is -2.08. The van der Waals surface area contributed by atoms with E-state index < -0.39 is 36.0 Å². The number of rotatable bonds is 8. The number of carboxylic acid groups (broad SMARTS) is 2. The third-order valence-corrected chi connectivity index (χ3v) is 3.39. The molecule has 0 rings (SSSR count). The Balaban J connectivity index is 4.65. The van der Waals surface area contributed by atoms with Gasteiger partial charge in [-0.25, -0.2) is 9.59 Å². The minimum absolute atomic E-state index is 0.392. The molecule has 19 heavy (non-hydrogen) atoms. The fraction of sp³-hybridized carbons (Fsp3) is 0.750. The van der Waals surface area contributed by atoms with E-state index in [4.69, 9.17) is 10.2 Å². The lowest BCUT2D eigenvalue weighted by molar-refractivity contribution is -0.145. The molecule has 7 nitrogen and oxygen atoms in total. The monoisotopic (exact) mass is 274 g/mol. The van der Waals surface area contributed by atoms with Crippen LogP contribution in [-0.4, -0.2) is 39.8 Å². The lowest BCUT2D eigenvalue weighted by Crippen LogP contribution is -2.55. The summed E-state index contributed by atoms with van der Waals surface area (Å²) in [5, 5.41) is 22.3. The molecule has 0 aliphatic heterocycles. The van der Waals surface area contributed by atoms with Crippen LogP contribution in [0.1, 0.15) is 46.5 Å². The molecule has 0 unspecified atom stereocenters. The lowest BCUT2D eigenvalue weighted by atomic mass is 9.90. The maximum Gasteiger partial charge on any atom is 0.326 e. The molecule has 7 heteroatoms. The molecule has 2 amide bonds. The Morgan fingerprint density at radius 3 is 1.84 bits per heavy atom. The summed E-state index contributed by atoms with van der Waals surface area (Å²) in [5.74, 6) is -2.65. The fourth-order valence-electron chi connectivity index (χ4n) is 1.83. The van der Waals surface area contributed by atoms with Crippen molar-refractivity contribution < 1.29 is 24.6 Å². The van der Waals surface area contributed by atoms with Crippen LogP contribution in [0.2, 0.25) is 0 Å². The minimum atomic E-state index is -1.43. The number of aliphatic carboxylic acids is 2. The Bertz CT molecular complexity index is 331. The van der Waals surface area contributed by atoms with Gasteiger partial charge in [-0.2, -0.15) is 0 Å². The number of hydrogen-bond donors (Lipinski definition) is 4. The molecular weight excluding hydrogens is 252 g/mol. The van der Waals surface area contributed by atoms with Crippen LogP contribution in [0.5, 0.6) is 0 Å². The molecular formula is C12H22N2O5. The summed E-state index contributed by atoms with van der Waals surface area (Å²) in [4.78, 5) is 33.1. The zero-order valence-electron chi connectivity index (χ0n) is 11.5. The Morgan fingerprint density at radius 2 is 1.53 bits per heavy atom. The smallest absolute Gasteiger partial charge is 0.326 e. The van der Waals surface area contributed by atoms with Crippen LogP contribution in [0.15, 0.2) is 0 Å². The second-order valence-electron chi connectivity index (χ2n) is 4.43. The summed E-state index contributed by atoms with van der Waals surface area (Å²) < 4.78 is 0. The summed E-state index contributed by atoms with van der Waals surface area (Å²) in [6.45, 7) is 5.79. The molecule has 0 heterocycles. The van der Waals surface area contributed by atoms with Gasteiger partial charge in [0, 0.05) is 5.54 Å². The number of hydrogen-bond acceptors (Lipinski definition) is 3. The molecule has 0 aromatic carbocycles. The number of carboxylic acids is 2. The van der Waals surface area contributed by atoms with Crippen LogP contribution in [0.4, 0.5) is 4.79 Å². The molecule has 110 valence electrons. The largest absolute Gasteiger partial charge is 0.481 e. The third kappa shape index (κ3) is 5.58. The summed E-state index contributed by atoms with van der Waals surface area (Å²) in [6.07, 6.45) is 1.48. The number of urea groups is 1. The average molecular weight is 274 g/mol. The molecule has 0 aliphatic carbocycles. The standard InChI is InChI=1S/C12H22N2O5/c1-4-12(5-2,6-3)14-11(19)13-8(10(17)18)7-9(15)16/h8H,4-7H2,1-3H3,(H,15,16)(H,17,18)(H2,13,14,19)/t8-/m0/s1. The van der Waals surface area contributed by atoms with Crippen LogP contribution >= 0.6 is 0 Å². The second kappa shape index (κ2) is 7.60. The Labute approximate surface area is 112 Å². The first kappa shape index (κ1) is 17.2. The molecule has 4 N–H and O–H groups in total. The van der Waals surface area contributed by atoms with E-state index in [-0.39, 0.29) is 0 Å². The number of carbonyl (C=O) groups excluding carboxylic acids is 1. The first-order valence-corrected chi connectivity index (χ1v) is 6.33. The maximum absolute atomic E-state index is 11.8. The zero-order valence-corrected chi connectivity index (χ0v) is 11.5. The maximum atomic E-state index is 11.8. The van der Waals surface area contributed by atoms with E-state index in [0.29, 0.717) is 19.3 Å². The highest BCUT2D eigenvalue weighted by Gasteiger charge is 2.29. The molecule has 0 saturated heterocycles. The third-order valence-electron chi connectivity index (χ3n) is 3.39. The first-order chi connectivity index (χ1) is 8.80. The predicted molar refractivity (Wildman–Crippen MR) is 68.9 cm³/mol. The van der Waals surface area contributed by atoms with Gasteiger partial charge in [-0.15, -0.1) is 0 Å². The minimum Gasteiger partial charge on any atom is -0.481 e. The summed E-state index contributed by atoms with van der Waals surface area (Å²) in [7, 11) is 0. The van der Waals surface area contributed by atoms with Gasteiger partial charge in [-0.1, -0.05) is 20.8 Å². The van der Waals surface area contributed by atoms with Gasteiger partial charge in [-0.3, -0.25) is 4.79 Å². The van der Waals surface area contributed by atoms with Crippen molar-refractivity contribution in [3.05, 3.63) is 0 Å². The van der Waals surface area contributed by atoms with E-state index in [0.717, 1.165) is 0 Å². The van der Waals surface area contributed by atoms with E-state index in [1.807, 2.05) is 20.8 Å². The Hall–Kier alpha value is -1.79. The molecule has 0 aliphatic rings. The van der Waals surface area contributed by atoms with Crippen LogP contribution in [0, 0.1) is 0 Å². The second-order valence-corrected chi connectivity index (χ2v) is 4.43. The summed E-state index contributed by atoms with van der Waals surface area (Å²) in [5.41, 5.74) is -0.392. The molecule has 0 aromatic rings. The highest BCUT2D eigenvalue weighted by molar-refractivity contribution is 5.86. The zero-order chi connectivity index (χ0) is 15.1. The van der Waals surface area contributed by atoms with Crippen molar-refractivity contribution in [2.45, 2.75) is 58.0 Å². The van der Waals surface area contributed by atoms with Crippen molar-refractivity contribution in [3.63, 3.8) is 0 Å². The van der Waals surface area contributed by atoms with Crippen LogP contribution < -0.4 is 10.6 Å². The highest BCUT2D eigenvalue weighted by Crippen LogP contribution is 2.18. The highest BCUT2D eigenvalue weighted by atomic mass is 16.4. The molecule has 0 aromatic heterocycles. The van der Waals surface area contributed by atoms with E-state index in [2.05, 4.69) is 10.6 Å². The fourth-order valence-corrected chi connectivity index (χ4v) is 1.83. The van der Waals surface area contributed by atoms with Gasteiger partial charge < -0.3 is 20.8 Å². The van der Waals surface area contributed by atoms with Gasteiger partial charge in [0.1, 0.15) is 6.04 Å². The van der Waals surface area contributed by atoms with Crippen LogP contribution in [0.25, 0.3) is 0 Å².